The standard InChI is InChI=1S/C5H4Cl2N2.C2H6/c1-3-5(7)9-4(6)2-8-3;1-2/h2H,1H3;1-2H3. The fourth-order valence-electron chi connectivity index (χ4n) is 0.407. The summed E-state index contributed by atoms with van der Waals surface area (Å²) in [4.78, 5) is 7.59. The summed E-state index contributed by atoms with van der Waals surface area (Å²) in [7, 11) is 0. The monoisotopic (exact) mass is 192 g/mol. The number of nitrogens with zero attached hydrogens (tertiary/aromatic N) is 2. The minimum absolute atomic E-state index is 0.325. The van der Waals surface area contributed by atoms with E-state index in [0.717, 1.165) is 0 Å². The summed E-state index contributed by atoms with van der Waals surface area (Å²) in [5.41, 5.74) is 0.695. The summed E-state index contributed by atoms with van der Waals surface area (Å²) < 4.78 is 0. The molecule has 0 aromatic carbocycles. The molecule has 0 fully saturated rings. The summed E-state index contributed by atoms with van der Waals surface area (Å²) in [5, 5.41) is 0.688. The fraction of sp³-hybridized carbons (Fsp3) is 0.429. The Morgan fingerprint density at radius 1 is 1.27 bits per heavy atom. The van der Waals surface area contributed by atoms with Gasteiger partial charge >= 0.3 is 0 Å². The molecule has 0 bridgehead atoms. The predicted molar refractivity (Wildman–Crippen MR) is 48.1 cm³/mol. The molecular weight excluding hydrogens is 183 g/mol. The maximum atomic E-state index is 5.56. The second-order valence-corrected chi connectivity index (χ2v) is 2.31. The van der Waals surface area contributed by atoms with Gasteiger partial charge in [-0.2, -0.15) is 0 Å². The highest BCUT2D eigenvalue weighted by molar-refractivity contribution is 6.32. The third-order valence-electron chi connectivity index (χ3n) is 0.868. The van der Waals surface area contributed by atoms with E-state index >= 15 is 0 Å². The number of hydrogen-bond donors (Lipinski definition) is 0. The number of hydrogen-bond acceptors (Lipinski definition) is 2. The van der Waals surface area contributed by atoms with E-state index < -0.39 is 0 Å². The molecule has 1 rings (SSSR count). The van der Waals surface area contributed by atoms with Gasteiger partial charge in [-0.1, -0.05) is 37.0 Å². The summed E-state index contributed by atoms with van der Waals surface area (Å²) in [5.74, 6) is 0. The molecule has 1 heterocycles. The van der Waals surface area contributed by atoms with Crippen LogP contribution in [0.2, 0.25) is 10.3 Å². The number of halogens is 2. The maximum Gasteiger partial charge on any atom is 0.151 e. The minimum atomic E-state index is 0.325. The first-order chi connectivity index (χ1) is 5.20. The van der Waals surface area contributed by atoms with Gasteiger partial charge in [0.25, 0.3) is 0 Å². The van der Waals surface area contributed by atoms with Gasteiger partial charge in [0.2, 0.25) is 0 Å². The van der Waals surface area contributed by atoms with Gasteiger partial charge in [-0.15, -0.1) is 0 Å². The zero-order valence-corrected chi connectivity index (χ0v) is 8.24. The first kappa shape index (κ1) is 10.7. The first-order valence-corrected chi connectivity index (χ1v) is 4.10. The Labute approximate surface area is 76.6 Å². The van der Waals surface area contributed by atoms with Crippen LogP contribution in [0.25, 0.3) is 0 Å². The van der Waals surface area contributed by atoms with Crippen molar-refractivity contribution < 1.29 is 0 Å². The average molecular weight is 193 g/mol. The molecule has 0 atom stereocenters. The highest BCUT2D eigenvalue weighted by Crippen LogP contribution is 2.11. The van der Waals surface area contributed by atoms with E-state index in [0.29, 0.717) is 16.0 Å². The molecule has 2 nitrogen and oxygen atoms in total. The quantitative estimate of drug-likeness (QED) is 0.632. The molecule has 0 spiro atoms. The molecular formula is C7H10Cl2N2. The van der Waals surface area contributed by atoms with Crippen LogP contribution in [0.15, 0.2) is 6.20 Å². The Hall–Kier alpha value is -0.340. The predicted octanol–water partition coefficient (Wildman–Crippen LogP) is 3.12. The molecule has 1 aromatic heterocycles. The molecule has 0 unspecified atom stereocenters. The Bertz CT molecular complexity index is 226. The van der Waals surface area contributed by atoms with Crippen molar-refractivity contribution in [3.63, 3.8) is 0 Å². The van der Waals surface area contributed by atoms with Crippen LogP contribution in [0.1, 0.15) is 19.5 Å². The molecule has 0 saturated carbocycles. The summed E-state index contributed by atoms with van der Waals surface area (Å²) in [6.07, 6.45) is 1.46. The van der Waals surface area contributed by atoms with Crippen molar-refractivity contribution in [2.45, 2.75) is 20.8 Å². The van der Waals surface area contributed by atoms with E-state index in [1.165, 1.54) is 6.20 Å². The van der Waals surface area contributed by atoms with Gasteiger partial charge in [0.15, 0.2) is 5.15 Å². The molecule has 62 valence electrons. The molecule has 0 N–H and O–H groups in total. The number of aromatic nitrogens is 2. The molecule has 0 radical (unpaired) electrons. The third kappa shape index (κ3) is 3.54. The van der Waals surface area contributed by atoms with Crippen LogP contribution in [0.3, 0.4) is 0 Å². The van der Waals surface area contributed by atoms with Crippen LogP contribution in [-0.2, 0) is 0 Å². The van der Waals surface area contributed by atoms with Crippen LogP contribution in [0.4, 0.5) is 0 Å². The zero-order valence-electron chi connectivity index (χ0n) is 6.73. The van der Waals surface area contributed by atoms with Crippen molar-refractivity contribution in [3.8, 4) is 0 Å². The first-order valence-electron chi connectivity index (χ1n) is 3.35. The van der Waals surface area contributed by atoms with Crippen LogP contribution < -0.4 is 0 Å². The van der Waals surface area contributed by atoms with Gasteiger partial charge in [0.05, 0.1) is 11.9 Å². The second-order valence-electron chi connectivity index (χ2n) is 1.57. The zero-order chi connectivity index (χ0) is 8.85. The molecule has 0 aliphatic carbocycles. The summed E-state index contributed by atoms with van der Waals surface area (Å²) >= 11 is 11.0. The topological polar surface area (TPSA) is 25.8 Å². The van der Waals surface area contributed by atoms with E-state index in [9.17, 15) is 0 Å². The van der Waals surface area contributed by atoms with Crippen LogP contribution in [-0.4, -0.2) is 9.97 Å². The smallest absolute Gasteiger partial charge is 0.151 e. The van der Waals surface area contributed by atoms with Crippen molar-refractivity contribution in [2.24, 2.45) is 0 Å². The Balaban J connectivity index is 0.000000461. The van der Waals surface area contributed by atoms with Crippen LogP contribution >= 0.6 is 23.2 Å². The summed E-state index contributed by atoms with van der Waals surface area (Å²) in [6.45, 7) is 5.77. The van der Waals surface area contributed by atoms with E-state index in [2.05, 4.69) is 9.97 Å². The lowest BCUT2D eigenvalue weighted by atomic mass is 10.5. The normalized spacial score (nSPS) is 8.45. The van der Waals surface area contributed by atoms with Gasteiger partial charge in [-0.25, -0.2) is 4.98 Å². The second kappa shape index (κ2) is 5.33. The van der Waals surface area contributed by atoms with Crippen LogP contribution in [0.5, 0.6) is 0 Å². The molecule has 0 amide bonds. The molecule has 4 heteroatoms. The van der Waals surface area contributed by atoms with Crippen molar-refractivity contribution >= 4 is 23.2 Å². The molecule has 0 saturated heterocycles. The highest BCUT2D eigenvalue weighted by atomic mass is 35.5. The van der Waals surface area contributed by atoms with Gasteiger partial charge in [-0.3, -0.25) is 4.98 Å². The largest absolute Gasteiger partial charge is 0.255 e. The summed E-state index contributed by atoms with van der Waals surface area (Å²) in [6, 6.07) is 0. The lowest BCUT2D eigenvalue weighted by Crippen LogP contribution is -1.85. The number of rotatable bonds is 0. The Morgan fingerprint density at radius 3 is 2.18 bits per heavy atom. The SMILES string of the molecule is CC.Cc1ncc(Cl)nc1Cl. The number of aryl methyl sites for hydroxylation is 1. The van der Waals surface area contributed by atoms with Gasteiger partial charge < -0.3 is 0 Å². The molecule has 0 aliphatic rings. The third-order valence-corrected chi connectivity index (χ3v) is 1.41. The van der Waals surface area contributed by atoms with Gasteiger partial charge in [0.1, 0.15) is 5.15 Å². The Kier molecular flexibility index (Phi) is 5.16. The molecule has 0 aliphatic heterocycles. The highest BCUT2D eigenvalue weighted by Gasteiger charge is 1.96. The molecule has 1 aromatic rings. The van der Waals surface area contributed by atoms with Crippen molar-refractivity contribution in [2.75, 3.05) is 0 Å². The van der Waals surface area contributed by atoms with E-state index in [1.807, 2.05) is 13.8 Å². The van der Waals surface area contributed by atoms with Crippen LogP contribution in [0, 0.1) is 6.92 Å². The lowest BCUT2D eigenvalue weighted by Gasteiger charge is -1.92. The lowest BCUT2D eigenvalue weighted by molar-refractivity contribution is 1.12. The van der Waals surface area contributed by atoms with E-state index in [-0.39, 0.29) is 0 Å². The fourth-order valence-corrected chi connectivity index (χ4v) is 0.723. The van der Waals surface area contributed by atoms with E-state index in [1.54, 1.807) is 6.92 Å². The van der Waals surface area contributed by atoms with Crippen molar-refractivity contribution in [1.29, 1.82) is 0 Å². The van der Waals surface area contributed by atoms with Gasteiger partial charge in [-0.05, 0) is 6.92 Å². The van der Waals surface area contributed by atoms with Crippen molar-refractivity contribution in [1.82, 2.24) is 9.97 Å². The Morgan fingerprint density at radius 2 is 1.82 bits per heavy atom. The minimum Gasteiger partial charge on any atom is -0.255 e. The maximum absolute atomic E-state index is 5.56. The molecule has 11 heavy (non-hydrogen) atoms. The van der Waals surface area contributed by atoms with Gasteiger partial charge in [0, 0.05) is 0 Å². The average Bonchev–Trinajstić information content (AvgIpc) is 2.02. The van der Waals surface area contributed by atoms with E-state index in [4.69, 9.17) is 23.2 Å². The van der Waals surface area contributed by atoms with Crippen molar-refractivity contribution in [3.05, 3.63) is 22.2 Å².